The Morgan fingerprint density at radius 3 is 1.84 bits per heavy atom. The zero-order valence-electron chi connectivity index (χ0n) is 26.6. The van der Waals surface area contributed by atoms with Crippen LogP contribution in [0.3, 0.4) is 0 Å². The predicted molar refractivity (Wildman–Crippen MR) is 205 cm³/mol. The summed E-state index contributed by atoms with van der Waals surface area (Å²) in [5.74, 6) is 0.704. The molecule has 1 unspecified atom stereocenters. The quantitative estimate of drug-likeness (QED) is 0.195. The van der Waals surface area contributed by atoms with Gasteiger partial charge in [0.1, 0.15) is 5.37 Å². The van der Waals surface area contributed by atoms with E-state index in [1.807, 2.05) is 23.9 Å². The van der Waals surface area contributed by atoms with E-state index in [4.69, 9.17) is 9.97 Å². The summed E-state index contributed by atoms with van der Waals surface area (Å²) >= 11 is 1.87. The third-order valence-electron chi connectivity index (χ3n) is 9.13. The van der Waals surface area contributed by atoms with Crippen molar-refractivity contribution in [1.82, 2.24) is 9.97 Å². The van der Waals surface area contributed by atoms with Crippen LogP contribution in [0.1, 0.15) is 10.9 Å². The number of rotatable bonds is 6. The van der Waals surface area contributed by atoms with Gasteiger partial charge in [-0.05, 0) is 62.9 Å². The van der Waals surface area contributed by atoms with E-state index in [0.717, 1.165) is 33.6 Å². The summed E-state index contributed by atoms with van der Waals surface area (Å²) in [6.45, 7) is 0. The Morgan fingerprint density at radius 2 is 1.10 bits per heavy atom. The highest BCUT2D eigenvalue weighted by Gasteiger charge is 2.24. The maximum absolute atomic E-state index is 5.13. The molecule has 7 aromatic carbocycles. The van der Waals surface area contributed by atoms with Gasteiger partial charge in [-0.25, -0.2) is 9.97 Å². The lowest BCUT2D eigenvalue weighted by Gasteiger charge is -2.16. The molecule has 0 radical (unpaired) electrons. The molecule has 0 spiro atoms. The molecule has 1 aromatic heterocycles. The molecule has 0 saturated heterocycles. The molecule has 2 heterocycles. The molecule has 0 fully saturated rings. The van der Waals surface area contributed by atoms with Gasteiger partial charge < -0.3 is 5.32 Å². The fourth-order valence-corrected chi connectivity index (χ4v) is 7.89. The van der Waals surface area contributed by atoms with Gasteiger partial charge in [0.05, 0.1) is 11.4 Å². The molecule has 1 aliphatic heterocycles. The topological polar surface area (TPSA) is 37.8 Å². The Hall–Kier alpha value is -5.97. The van der Waals surface area contributed by atoms with E-state index in [9.17, 15) is 0 Å². The fourth-order valence-electron chi connectivity index (χ4n) is 6.71. The standard InChI is InChI=1S/C45H31N3S/c1-4-14-31(15-5-1)40-29-41(32-16-6-2-7-17-32)47-44(46-40)36-21-12-20-35(27-36)43-37-22-11-10-13-30(37)23-25-38(43)34-24-26-39-42(28-34)49-45(48-39)33-18-8-3-9-19-33/h1-29,45,48H. The van der Waals surface area contributed by atoms with Crippen molar-refractivity contribution in [2.75, 3.05) is 5.32 Å². The largest absolute Gasteiger partial charge is 0.368 e. The van der Waals surface area contributed by atoms with Crippen molar-refractivity contribution < 1.29 is 0 Å². The van der Waals surface area contributed by atoms with Crippen LogP contribution >= 0.6 is 11.8 Å². The molecule has 9 rings (SSSR count). The number of thioether (sulfide) groups is 1. The Bertz CT molecular complexity index is 2390. The van der Waals surface area contributed by atoms with Gasteiger partial charge in [-0.2, -0.15) is 0 Å². The average Bonchev–Trinajstić information content (AvgIpc) is 3.62. The van der Waals surface area contributed by atoms with Crippen molar-refractivity contribution in [3.8, 4) is 56.2 Å². The van der Waals surface area contributed by atoms with E-state index in [1.54, 1.807) is 0 Å². The first-order valence-corrected chi connectivity index (χ1v) is 17.4. The number of fused-ring (bicyclic) bond motifs is 2. The van der Waals surface area contributed by atoms with Crippen LogP contribution in [0.5, 0.6) is 0 Å². The van der Waals surface area contributed by atoms with E-state index in [1.165, 1.54) is 43.6 Å². The first kappa shape index (κ1) is 29.2. The second kappa shape index (κ2) is 12.6. The average molecular weight is 646 g/mol. The van der Waals surface area contributed by atoms with Crippen molar-refractivity contribution in [3.05, 3.63) is 181 Å². The Balaban J connectivity index is 1.17. The van der Waals surface area contributed by atoms with Gasteiger partial charge >= 0.3 is 0 Å². The van der Waals surface area contributed by atoms with Crippen molar-refractivity contribution in [3.63, 3.8) is 0 Å². The van der Waals surface area contributed by atoms with Crippen LogP contribution in [-0.4, -0.2) is 9.97 Å². The highest BCUT2D eigenvalue weighted by molar-refractivity contribution is 8.00. The molecular weight excluding hydrogens is 615 g/mol. The molecule has 49 heavy (non-hydrogen) atoms. The Kier molecular flexibility index (Phi) is 7.49. The molecule has 1 N–H and O–H groups in total. The highest BCUT2D eigenvalue weighted by Crippen LogP contribution is 2.49. The number of nitrogens with zero attached hydrogens (tertiary/aromatic N) is 2. The number of benzene rings is 7. The molecule has 232 valence electrons. The number of hydrogen-bond acceptors (Lipinski definition) is 4. The lowest BCUT2D eigenvalue weighted by Crippen LogP contribution is -2.00. The molecule has 4 heteroatoms. The summed E-state index contributed by atoms with van der Waals surface area (Å²) in [5, 5.41) is 6.34. The normalized spacial score (nSPS) is 13.6. The van der Waals surface area contributed by atoms with E-state index in [0.29, 0.717) is 5.82 Å². The van der Waals surface area contributed by atoms with Gasteiger partial charge in [-0.15, -0.1) is 0 Å². The monoisotopic (exact) mass is 645 g/mol. The van der Waals surface area contributed by atoms with E-state index < -0.39 is 0 Å². The summed E-state index contributed by atoms with van der Waals surface area (Å²) in [6.07, 6.45) is 0. The Labute approximate surface area is 290 Å². The molecular formula is C45H31N3S. The van der Waals surface area contributed by atoms with Crippen LogP contribution in [0.25, 0.3) is 66.9 Å². The third-order valence-corrected chi connectivity index (χ3v) is 10.3. The zero-order chi connectivity index (χ0) is 32.6. The summed E-state index contributed by atoms with van der Waals surface area (Å²) < 4.78 is 0. The minimum absolute atomic E-state index is 0.201. The highest BCUT2D eigenvalue weighted by atomic mass is 32.2. The van der Waals surface area contributed by atoms with Gasteiger partial charge in [0.2, 0.25) is 0 Å². The maximum atomic E-state index is 5.13. The second-order valence-corrected chi connectivity index (χ2v) is 13.4. The van der Waals surface area contributed by atoms with E-state index >= 15 is 0 Å². The fraction of sp³-hybridized carbons (Fsp3) is 0.0222. The van der Waals surface area contributed by atoms with Crippen molar-refractivity contribution in [2.45, 2.75) is 10.3 Å². The molecule has 1 aliphatic rings. The lowest BCUT2D eigenvalue weighted by molar-refractivity contribution is 1.13. The predicted octanol–water partition coefficient (Wildman–Crippen LogP) is 12.2. The number of nitrogens with one attached hydrogen (secondary N) is 1. The van der Waals surface area contributed by atoms with E-state index in [2.05, 4.69) is 169 Å². The van der Waals surface area contributed by atoms with Crippen molar-refractivity contribution in [1.29, 1.82) is 0 Å². The number of anilines is 1. The van der Waals surface area contributed by atoms with E-state index in [-0.39, 0.29) is 5.37 Å². The Morgan fingerprint density at radius 1 is 0.469 bits per heavy atom. The van der Waals surface area contributed by atoms with Crippen LogP contribution in [0.15, 0.2) is 181 Å². The molecule has 3 nitrogen and oxygen atoms in total. The van der Waals surface area contributed by atoms with Crippen molar-refractivity contribution in [2.24, 2.45) is 0 Å². The zero-order valence-corrected chi connectivity index (χ0v) is 27.4. The molecule has 0 saturated carbocycles. The minimum Gasteiger partial charge on any atom is -0.368 e. The summed E-state index contributed by atoms with van der Waals surface area (Å²) in [7, 11) is 0. The second-order valence-electron chi connectivity index (χ2n) is 12.2. The van der Waals surface area contributed by atoms with Gasteiger partial charge in [0.15, 0.2) is 5.82 Å². The summed E-state index contributed by atoms with van der Waals surface area (Å²) in [6, 6.07) is 62.1. The first-order valence-electron chi connectivity index (χ1n) is 16.5. The van der Waals surface area contributed by atoms with Crippen molar-refractivity contribution >= 4 is 28.2 Å². The maximum Gasteiger partial charge on any atom is 0.160 e. The minimum atomic E-state index is 0.201. The smallest absolute Gasteiger partial charge is 0.160 e. The molecule has 8 aromatic rings. The van der Waals surface area contributed by atoms with Crippen LogP contribution in [0.4, 0.5) is 5.69 Å². The number of hydrogen-bond donors (Lipinski definition) is 1. The molecule has 0 amide bonds. The van der Waals surface area contributed by atoms with Gasteiger partial charge in [-0.1, -0.05) is 163 Å². The van der Waals surface area contributed by atoms with Crippen LogP contribution in [-0.2, 0) is 0 Å². The van der Waals surface area contributed by atoms with Gasteiger partial charge in [-0.3, -0.25) is 0 Å². The van der Waals surface area contributed by atoms with Gasteiger partial charge in [0.25, 0.3) is 0 Å². The number of aromatic nitrogens is 2. The van der Waals surface area contributed by atoms with Crippen LogP contribution in [0.2, 0.25) is 0 Å². The van der Waals surface area contributed by atoms with Crippen LogP contribution in [0, 0.1) is 0 Å². The van der Waals surface area contributed by atoms with Gasteiger partial charge in [0, 0.05) is 27.3 Å². The molecule has 0 bridgehead atoms. The third kappa shape index (κ3) is 5.67. The summed E-state index contributed by atoms with van der Waals surface area (Å²) in [5.41, 5.74) is 12.1. The molecule has 1 atom stereocenters. The summed E-state index contributed by atoms with van der Waals surface area (Å²) in [4.78, 5) is 11.5. The molecule has 0 aliphatic carbocycles. The van der Waals surface area contributed by atoms with Crippen LogP contribution < -0.4 is 5.32 Å². The SMILES string of the molecule is c1ccc(-c2cc(-c3ccccc3)nc(-c3cccc(-c4c(-c5ccc6c(c5)SC(c5ccccc5)N6)ccc5ccccc45)c3)n2)cc1. The first-order chi connectivity index (χ1) is 24.3. The lowest BCUT2D eigenvalue weighted by atomic mass is 9.89.